The van der Waals surface area contributed by atoms with Gasteiger partial charge in [0.1, 0.15) is 0 Å². The number of ether oxygens (including phenoxy) is 2. The third-order valence-electron chi connectivity index (χ3n) is 5.14. The maximum atomic E-state index is 13.5. The van der Waals surface area contributed by atoms with Crippen molar-refractivity contribution in [3.63, 3.8) is 0 Å². The highest BCUT2D eigenvalue weighted by atomic mass is 16.7. The summed E-state index contributed by atoms with van der Waals surface area (Å²) in [5, 5.41) is 1.83. The van der Waals surface area contributed by atoms with Gasteiger partial charge < -0.3 is 9.47 Å². The monoisotopic (exact) mass is 366 g/mol. The van der Waals surface area contributed by atoms with Crippen molar-refractivity contribution in [2.45, 2.75) is 6.92 Å². The number of aryl methyl sites for hydroxylation is 1. The molecule has 0 amide bonds. The number of carbonyl (C=O) groups is 1. The topological polar surface area (TPSA) is 35.5 Å². The Morgan fingerprint density at radius 2 is 1.54 bits per heavy atom. The van der Waals surface area contributed by atoms with Crippen LogP contribution in [-0.2, 0) is 0 Å². The zero-order chi connectivity index (χ0) is 19.1. The number of hydrogen-bond donors (Lipinski definition) is 0. The molecule has 0 N–H and O–H groups in total. The minimum absolute atomic E-state index is 0.000593. The average Bonchev–Trinajstić information content (AvgIpc) is 3.19. The predicted octanol–water partition coefficient (Wildman–Crippen LogP) is 5.77. The zero-order valence-electron chi connectivity index (χ0n) is 15.4. The SMILES string of the molecule is Cc1ccc(-c2ccc3cc4c(cc3c2C(=O)c2ccccc2)OCO4)cc1. The van der Waals surface area contributed by atoms with Crippen molar-refractivity contribution in [3.05, 3.63) is 95.6 Å². The van der Waals surface area contributed by atoms with Crippen molar-refractivity contribution >= 4 is 16.6 Å². The summed E-state index contributed by atoms with van der Waals surface area (Å²) in [6.45, 7) is 2.26. The molecule has 0 unspecified atom stereocenters. The maximum Gasteiger partial charge on any atom is 0.231 e. The molecule has 4 aromatic rings. The van der Waals surface area contributed by atoms with Crippen LogP contribution in [-0.4, -0.2) is 12.6 Å². The molecule has 136 valence electrons. The summed E-state index contributed by atoms with van der Waals surface area (Å²) in [4.78, 5) is 13.5. The lowest BCUT2D eigenvalue weighted by Crippen LogP contribution is -2.05. The van der Waals surface area contributed by atoms with Crippen LogP contribution in [0, 0.1) is 6.92 Å². The van der Waals surface area contributed by atoms with Crippen molar-refractivity contribution in [3.8, 4) is 22.6 Å². The van der Waals surface area contributed by atoms with Gasteiger partial charge >= 0.3 is 0 Å². The smallest absolute Gasteiger partial charge is 0.231 e. The standard InChI is InChI=1S/C25H18O3/c1-16-7-9-17(10-8-16)20-12-11-19-13-22-23(28-15-27-22)14-21(19)24(20)25(26)18-5-3-2-4-6-18/h2-14H,15H2,1H3. The van der Waals surface area contributed by atoms with Gasteiger partial charge in [0.25, 0.3) is 0 Å². The largest absolute Gasteiger partial charge is 0.454 e. The third kappa shape index (κ3) is 2.72. The molecule has 4 aromatic carbocycles. The highest BCUT2D eigenvalue weighted by molar-refractivity contribution is 6.20. The number of fused-ring (bicyclic) bond motifs is 2. The molecule has 28 heavy (non-hydrogen) atoms. The summed E-state index contributed by atoms with van der Waals surface area (Å²) in [6.07, 6.45) is 0. The molecule has 0 spiro atoms. The minimum Gasteiger partial charge on any atom is -0.454 e. The Morgan fingerprint density at radius 3 is 2.29 bits per heavy atom. The zero-order valence-corrected chi connectivity index (χ0v) is 15.4. The fourth-order valence-corrected chi connectivity index (χ4v) is 3.67. The highest BCUT2D eigenvalue weighted by Crippen LogP contribution is 2.40. The van der Waals surface area contributed by atoms with Crippen LogP contribution < -0.4 is 9.47 Å². The molecule has 1 heterocycles. The quantitative estimate of drug-likeness (QED) is 0.432. The van der Waals surface area contributed by atoms with Crippen LogP contribution in [0.2, 0.25) is 0 Å². The number of carbonyl (C=O) groups excluding carboxylic acids is 1. The van der Waals surface area contributed by atoms with Crippen LogP contribution in [0.25, 0.3) is 21.9 Å². The van der Waals surface area contributed by atoms with Crippen molar-refractivity contribution in [2.24, 2.45) is 0 Å². The van der Waals surface area contributed by atoms with Gasteiger partial charge in [-0.05, 0) is 41.0 Å². The second-order valence-electron chi connectivity index (χ2n) is 6.98. The maximum absolute atomic E-state index is 13.5. The van der Waals surface area contributed by atoms with Crippen LogP contribution >= 0.6 is 0 Å². The molecule has 0 fully saturated rings. The minimum atomic E-state index is 0.000593. The van der Waals surface area contributed by atoms with Gasteiger partial charge in [0, 0.05) is 11.1 Å². The van der Waals surface area contributed by atoms with Crippen molar-refractivity contribution < 1.29 is 14.3 Å². The summed E-state index contributed by atoms with van der Waals surface area (Å²) in [6, 6.07) is 25.6. The molecular formula is C25H18O3. The Kier molecular flexibility index (Phi) is 3.87. The second-order valence-corrected chi connectivity index (χ2v) is 6.98. The van der Waals surface area contributed by atoms with E-state index < -0.39 is 0 Å². The van der Waals surface area contributed by atoms with E-state index in [4.69, 9.17) is 9.47 Å². The van der Waals surface area contributed by atoms with Crippen LogP contribution in [0.3, 0.4) is 0 Å². The Morgan fingerprint density at radius 1 is 0.821 bits per heavy atom. The molecule has 0 aromatic heterocycles. The van der Waals surface area contributed by atoms with Gasteiger partial charge in [-0.15, -0.1) is 0 Å². The van der Waals surface area contributed by atoms with Gasteiger partial charge in [0.2, 0.25) is 6.79 Å². The highest BCUT2D eigenvalue weighted by Gasteiger charge is 2.22. The van der Waals surface area contributed by atoms with Crippen LogP contribution in [0.15, 0.2) is 78.9 Å². The average molecular weight is 366 g/mol. The lowest BCUT2D eigenvalue weighted by Gasteiger charge is -2.14. The van der Waals surface area contributed by atoms with Gasteiger partial charge in [-0.1, -0.05) is 72.3 Å². The van der Waals surface area contributed by atoms with E-state index in [2.05, 4.69) is 31.2 Å². The summed E-state index contributed by atoms with van der Waals surface area (Å²) in [5.41, 5.74) is 4.47. The molecule has 0 atom stereocenters. The molecule has 0 radical (unpaired) electrons. The van der Waals surface area contributed by atoms with Gasteiger partial charge in [-0.3, -0.25) is 4.79 Å². The lowest BCUT2D eigenvalue weighted by atomic mass is 9.89. The Bertz CT molecular complexity index is 1190. The van der Waals surface area contributed by atoms with Crippen LogP contribution in [0.4, 0.5) is 0 Å². The van der Waals surface area contributed by atoms with Gasteiger partial charge in [0.15, 0.2) is 17.3 Å². The lowest BCUT2D eigenvalue weighted by molar-refractivity contribution is 0.104. The van der Waals surface area contributed by atoms with E-state index in [1.165, 1.54) is 5.56 Å². The summed E-state index contributed by atoms with van der Waals surface area (Å²) in [5.74, 6) is 1.39. The Hall–Kier alpha value is -3.59. The molecule has 0 aliphatic carbocycles. The first-order valence-corrected chi connectivity index (χ1v) is 9.24. The first-order valence-electron chi connectivity index (χ1n) is 9.24. The van der Waals surface area contributed by atoms with Crippen molar-refractivity contribution in [2.75, 3.05) is 6.79 Å². The van der Waals surface area contributed by atoms with E-state index in [1.54, 1.807) is 0 Å². The molecule has 3 heteroatoms. The fourth-order valence-electron chi connectivity index (χ4n) is 3.67. The Labute approximate surface area is 163 Å². The predicted molar refractivity (Wildman–Crippen MR) is 110 cm³/mol. The fraction of sp³-hybridized carbons (Fsp3) is 0.0800. The molecule has 1 aliphatic heterocycles. The van der Waals surface area contributed by atoms with Crippen molar-refractivity contribution in [1.82, 2.24) is 0 Å². The summed E-state index contributed by atoms with van der Waals surface area (Å²) in [7, 11) is 0. The number of benzene rings is 4. The molecular weight excluding hydrogens is 348 g/mol. The third-order valence-corrected chi connectivity index (χ3v) is 5.14. The second kappa shape index (κ2) is 6.54. The molecule has 0 saturated heterocycles. The van der Waals surface area contributed by atoms with Crippen LogP contribution in [0.5, 0.6) is 11.5 Å². The first-order chi connectivity index (χ1) is 13.7. The van der Waals surface area contributed by atoms with E-state index in [9.17, 15) is 4.79 Å². The van der Waals surface area contributed by atoms with Crippen LogP contribution in [0.1, 0.15) is 21.5 Å². The van der Waals surface area contributed by atoms with E-state index in [1.807, 2.05) is 54.6 Å². The van der Waals surface area contributed by atoms with Gasteiger partial charge in [-0.2, -0.15) is 0 Å². The van der Waals surface area contributed by atoms with Gasteiger partial charge in [0.05, 0.1) is 0 Å². The van der Waals surface area contributed by atoms with E-state index >= 15 is 0 Å². The molecule has 1 aliphatic rings. The van der Waals surface area contributed by atoms with Crippen molar-refractivity contribution in [1.29, 1.82) is 0 Å². The van der Waals surface area contributed by atoms with E-state index in [-0.39, 0.29) is 12.6 Å². The number of ketones is 1. The number of rotatable bonds is 3. The number of hydrogen-bond acceptors (Lipinski definition) is 3. The molecule has 5 rings (SSSR count). The first kappa shape index (κ1) is 16.6. The summed E-state index contributed by atoms with van der Waals surface area (Å²) >= 11 is 0. The molecule has 0 saturated carbocycles. The molecule has 0 bridgehead atoms. The van der Waals surface area contributed by atoms with E-state index in [0.29, 0.717) is 22.6 Å². The normalized spacial score (nSPS) is 12.3. The van der Waals surface area contributed by atoms with Gasteiger partial charge in [-0.25, -0.2) is 0 Å². The van der Waals surface area contributed by atoms with E-state index in [0.717, 1.165) is 21.9 Å². The Balaban J connectivity index is 1.80. The molecule has 3 nitrogen and oxygen atoms in total. The summed E-state index contributed by atoms with van der Waals surface area (Å²) < 4.78 is 11.1.